The molecule has 0 aliphatic carbocycles. The molecule has 3 aromatic rings. The molecule has 1 aromatic carbocycles. The van der Waals surface area contributed by atoms with E-state index in [4.69, 9.17) is 4.74 Å². The minimum atomic E-state index is -0.446. The van der Waals surface area contributed by atoms with Gasteiger partial charge in [-0.2, -0.15) is 0 Å². The van der Waals surface area contributed by atoms with Crippen molar-refractivity contribution in [3.8, 4) is 5.75 Å². The van der Waals surface area contributed by atoms with Crippen LogP contribution in [0.15, 0.2) is 48.8 Å². The summed E-state index contributed by atoms with van der Waals surface area (Å²) < 4.78 is 5.58. The number of likely N-dealkylation sites (N-methyl/N-ethyl adjacent to an activating group) is 1. The van der Waals surface area contributed by atoms with Crippen molar-refractivity contribution in [3.05, 3.63) is 60.0 Å². The van der Waals surface area contributed by atoms with Crippen LogP contribution >= 0.6 is 0 Å². The van der Waals surface area contributed by atoms with E-state index < -0.39 is 5.97 Å². The number of H-pyrrole nitrogens is 1. The third-order valence-electron chi connectivity index (χ3n) is 3.65. The summed E-state index contributed by atoms with van der Waals surface area (Å²) in [5, 5.41) is 0.957. The maximum absolute atomic E-state index is 12.3. The Balaban J connectivity index is 1.91. The molecule has 0 spiro atoms. The van der Waals surface area contributed by atoms with Gasteiger partial charge in [-0.1, -0.05) is 12.1 Å². The number of carbonyl (C=O) groups is 1. The third-order valence-corrected chi connectivity index (χ3v) is 3.65. The second-order valence-electron chi connectivity index (χ2n) is 5.65. The fourth-order valence-electron chi connectivity index (χ4n) is 2.48. The van der Waals surface area contributed by atoms with Gasteiger partial charge < -0.3 is 14.6 Å². The van der Waals surface area contributed by atoms with Gasteiger partial charge in [-0.05, 0) is 50.3 Å². The van der Waals surface area contributed by atoms with Crippen molar-refractivity contribution in [3.63, 3.8) is 0 Å². The van der Waals surface area contributed by atoms with Crippen molar-refractivity contribution in [2.45, 2.75) is 6.42 Å². The number of hydrogen-bond donors (Lipinski definition) is 1. The number of nitrogens with zero attached hydrogens (tertiary/aromatic N) is 2. The zero-order chi connectivity index (χ0) is 16.2. The topological polar surface area (TPSA) is 58.2 Å². The molecule has 5 nitrogen and oxygen atoms in total. The summed E-state index contributed by atoms with van der Waals surface area (Å²) in [5.74, 6) is 0.117. The average Bonchev–Trinajstić information content (AvgIpc) is 2.98. The summed E-state index contributed by atoms with van der Waals surface area (Å²) in [7, 11) is 4.08. The highest BCUT2D eigenvalue weighted by Crippen LogP contribution is 2.29. The molecule has 2 heterocycles. The Hall–Kier alpha value is -2.66. The van der Waals surface area contributed by atoms with Crippen molar-refractivity contribution < 1.29 is 9.53 Å². The fraction of sp³-hybridized carbons (Fsp3) is 0.222. The zero-order valence-electron chi connectivity index (χ0n) is 13.2. The fourth-order valence-corrected chi connectivity index (χ4v) is 2.48. The van der Waals surface area contributed by atoms with E-state index in [-0.39, 0.29) is 0 Å². The highest BCUT2D eigenvalue weighted by Gasteiger charge is 2.15. The van der Waals surface area contributed by atoms with Gasteiger partial charge in [0.25, 0.3) is 0 Å². The molecule has 0 bridgehead atoms. The molecule has 3 rings (SSSR count). The maximum atomic E-state index is 12.3. The summed E-state index contributed by atoms with van der Waals surface area (Å²) in [6.07, 6.45) is 4.44. The first-order valence-electron chi connectivity index (χ1n) is 7.52. The van der Waals surface area contributed by atoms with E-state index in [1.54, 1.807) is 24.4 Å². The molecule has 118 valence electrons. The van der Waals surface area contributed by atoms with Gasteiger partial charge in [-0.25, -0.2) is 9.78 Å². The molecule has 0 atom stereocenters. The quantitative estimate of drug-likeness (QED) is 0.581. The predicted octanol–water partition coefficient (Wildman–Crippen LogP) is 2.89. The number of aromatic nitrogens is 2. The van der Waals surface area contributed by atoms with Crippen molar-refractivity contribution in [1.82, 2.24) is 14.9 Å². The molecule has 5 heteroatoms. The minimum Gasteiger partial charge on any atom is -0.421 e. The lowest BCUT2D eigenvalue weighted by atomic mass is 10.1. The van der Waals surface area contributed by atoms with Crippen LogP contribution in [0, 0.1) is 0 Å². The van der Waals surface area contributed by atoms with E-state index >= 15 is 0 Å². The lowest BCUT2D eigenvalue weighted by molar-refractivity contribution is 0.0731. The first-order chi connectivity index (χ1) is 11.1. The van der Waals surface area contributed by atoms with Crippen LogP contribution in [0.4, 0.5) is 0 Å². The molecular weight excluding hydrogens is 290 g/mol. The number of nitrogens with one attached hydrogen (secondary N) is 1. The predicted molar refractivity (Wildman–Crippen MR) is 89.8 cm³/mol. The molecule has 0 aliphatic heterocycles. The molecule has 0 fully saturated rings. The first-order valence-corrected chi connectivity index (χ1v) is 7.52. The molecule has 0 radical (unpaired) electrons. The molecule has 0 saturated carbocycles. The van der Waals surface area contributed by atoms with Gasteiger partial charge in [0.05, 0.1) is 0 Å². The van der Waals surface area contributed by atoms with Crippen LogP contribution in [0.25, 0.3) is 10.9 Å². The minimum absolute atomic E-state index is 0.301. The number of hydrogen-bond acceptors (Lipinski definition) is 4. The lowest BCUT2D eigenvalue weighted by Gasteiger charge is -2.10. The Labute approximate surface area is 134 Å². The van der Waals surface area contributed by atoms with Crippen molar-refractivity contribution in [1.29, 1.82) is 0 Å². The number of benzene rings is 1. The van der Waals surface area contributed by atoms with Crippen LogP contribution in [-0.2, 0) is 6.42 Å². The van der Waals surface area contributed by atoms with Gasteiger partial charge in [-0.3, -0.25) is 0 Å². The van der Waals surface area contributed by atoms with E-state index in [1.165, 1.54) is 0 Å². The first kappa shape index (κ1) is 15.2. The van der Waals surface area contributed by atoms with Gasteiger partial charge in [0.2, 0.25) is 0 Å². The summed E-state index contributed by atoms with van der Waals surface area (Å²) >= 11 is 0. The molecular formula is C18H19N3O2. The monoisotopic (exact) mass is 309 g/mol. The average molecular weight is 309 g/mol. The highest BCUT2D eigenvalue weighted by molar-refractivity contribution is 5.95. The number of fused-ring (bicyclic) bond motifs is 1. The maximum Gasteiger partial charge on any atom is 0.362 e. The zero-order valence-corrected chi connectivity index (χ0v) is 13.2. The standard InChI is InChI=1S/C18H19N3O2/c1-21(2)11-9-13-12-20-14-7-5-8-16(17(13)14)23-18(22)15-6-3-4-10-19-15/h3-8,10,12,20H,9,11H2,1-2H3. The molecule has 0 amide bonds. The Morgan fingerprint density at radius 2 is 2.09 bits per heavy atom. The van der Waals surface area contributed by atoms with Crippen LogP contribution in [0.1, 0.15) is 16.1 Å². The second-order valence-corrected chi connectivity index (χ2v) is 5.65. The molecule has 1 N–H and O–H groups in total. The number of rotatable bonds is 5. The Morgan fingerprint density at radius 3 is 2.83 bits per heavy atom. The van der Waals surface area contributed by atoms with Crippen LogP contribution in [0.3, 0.4) is 0 Å². The SMILES string of the molecule is CN(C)CCc1c[nH]c2cccc(OC(=O)c3ccccn3)c12. The van der Waals surface area contributed by atoms with Crippen molar-refractivity contribution in [2.75, 3.05) is 20.6 Å². The van der Waals surface area contributed by atoms with Gasteiger partial charge in [-0.15, -0.1) is 0 Å². The van der Waals surface area contributed by atoms with Crippen molar-refractivity contribution >= 4 is 16.9 Å². The van der Waals surface area contributed by atoms with Gasteiger partial charge in [0.15, 0.2) is 0 Å². The Bertz CT molecular complexity index is 810. The smallest absolute Gasteiger partial charge is 0.362 e. The van der Waals surface area contributed by atoms with E-state index in [2.05, 4.69) is 14.9 Å². The molecule has 0 unspecified atom stereocenters. The summed E-state index contributed by atoms with van der Waals surface area (Å²) in [6, 6.07) is 10.8. The van der Waals surface area contributed by atoms with Crippen LogP contribution < -0.4 is 4.74 Å². The summed E-state index contributed by atoms with van der Waals surface area (Å²) in [4.78, 5) is 21.7. The molecule has 2 aromatic heterocycles. The van der Waals surface area contributed by atoms with Gasteiger partial charge >= 0.3 is 5.97 Å². The van der Waals surface area contributed by atoms with E-state index in [9.17, 15) is 4.79 Å². The Morgan fingerprint density at radius 1 is 1.22 bits per heavy atom. The number of ether oxygens (including phenoxy) is 1. The van der Waals surface area contributed by atoms with Crippen LogP contribution in [0.2, 0.25) is 0 Å². The highest BCUT2D eigenvalue weighted by atomic mass is 16.5. The molecule has 0 aliphatic rings. The Kier molecular flexibility index (Phi) is 4.39. The lowest BCUT2D eigenvalue weighted by Crippen LogP contribution is -2.15. The van der Waals surface area contributed by atoms with E-state index in [0.717, 1.165) is 29.4 Å². The number of pyridine rings is 1. The van der Waals surface area contributed by atoms with Gasteiger partial charge in [0, 0.05) is 29.8 Å². The second kappa shape index (κ2) is 6.62. The van der Waals surface area contributed by atoms with E-state index in [0.29, 0.717) is 11.4 Å². The van der Waals surface area contributed by atoms with E-state index in [1.807, 2.05) is 38.5 Å². The largest absolute Gasteiger partial charge is 0.421 e. The van der Waals surface area contributed by atoms with Crippen LogP contribution in [-0.4, -0.2) is 41.5 Å². The summed E-state index contributed by atoms with van der Waals surface area (Å²) in [6.45, 7) is 0.926. The number of carbonyl (C=O) groups excluding carboxylic acids is 1. The van der Waals surface area contributed by atoms with Crippen LogP contribution in [0.5, 0.6) is 5.75 Å². The molecule has 23 heavy (non-hydrogen) atoms. The normalized spacial score (nSPS) is 11.1. The number of aromatic amines is 1. The van der Waals surface area contributed by atoms with Gasteiger partial charge in [0.1, 0.15) is 11.4 Å². The molecule has 0 saturated heterocycles. The third kappa shape index (κ3) is 3.40. The summed E-state index contributed by atoms with van der Waals surface area (Å²) in [5.41, 5.74) is 2.40. The van der Waals surface area contributed by atoms with Crippen molar-refractivity contribution in [2.24, 2.45) is 0 Å². The number of esters is 1.